The summed E-state index contributed by atoms with van der Waals surface area (Å²) in [6.07, 6.45) is 1.77. The van der Waals surface area contributed by atoms with Crippen LogP contribution in [-0.2, 0) is 9.59 Å². The second-order valence-corrected chi connectivity index (χ2v) is 6.05. The Morgan fingerprint density at radius 1 is 1.65 bits per heavy atom. The van der Waals surface area contributed by atoms with E-state index in [1.165, 1.54) is 18.1 Å². The number of nitrogens with one attached hydrogen (secondary N) is 2. The van der Waals surface area contributed by atoms with Gasteiger partial charge in [-0.3, -0.25) is 14.7 Å². The Bertz CT molecular complexity index is 462. The average molecular weight is 297 g/mol. The number of aromatic nitrogens is 3. The molecule has 2 amide bonds. The minimum atomic E-state index is -0.222. The summed E-state index contributed by atoms with van der Waals surface area (Å²) in [5, 5.41) is 10.1. The van der Waals surface area contributed by atoms with Crippen molar-refractivity contribution in [2.45, 2.75) is 31.5 Å². The van der Waals surface area contributed by atoms with E-state index in [0.717, 1.165) is 10.9 Å². The van der Waals surface area contributed by atoms with Crippen LogP contribution in [-0.4, -0.2) is 56.8 Å². The molecule has 8 heteroatoms. The molecule has 1 atom stereocenters. The Labute approximate surface area is 121 Å². The number of carbonyl (C=O) groups excluding carboxylic acids is 2. The standard InChI is InChI=1S/C12H19N5O2S/c1-8(2)17-6-9(5-10(17)18)11(19)13-3-4-20-12-14-7-15-16-12/h7-9H,3-6H2,1-2H3,(H,13,19)(H,14,15,16)/t9-/m0/s1. The Morgan fingerprint density at radius 2 is 2.45 bits per heavy atom. The molecule has 1 saturated heterocycles. The van der Waals surface area contributed by atoms with Crippen LogP contribution in [0.4, 0.5) is 0 Å². The van der Waals surface area contributed by atoms with Gasteiger partial charge in [-0.05, 0) is 13.8 Å². The number of carbonyl (C=O) groups is 2. The van der Waals surface area contributed by atoms with Gasteiger partial charge in [-0.1, -0.05) is 11.8 Å². The van der Waals surface area contributed by atoms with Crippen molar-refractivity contribution in [2.75, 3.05) is 18.8 Å². The fraction of sp³-hybridized carbons (Fsp3) is 0.667. The maximum atomic E-state index is 12.0. The molecular weight excluding hydrogens is 278 g/mol. The number of hydrogen-bond donors (Lipinski definition) is 2. The molecule has 1 aromatic heterocycles. The number of thioether (sulfide) groups is 1. The molecule has 20 heavy (non-hydrogen) atoms. The Balaban J connectivity index is 1.69. The predicted molar refractivity (Wildman–Crippen MR) is 75.1 cm³/mol. The molecule has 1 aliphatic heterocycles. The smallest absolute Gasteiger partial charge is 0.225 e. The number of H-pyrrole nitrogens is 1. The molecule has 2 N–H and O–H groups in total. The molecule has 0 aromatic carbocycles. The molecule has 0 saturated carbocycles. The number of aromatic amines is 1. The monoisotopic (exact) mass is 297 g/mol. The highest BCUT2D eigenvalue weighted by molar-refractivity contribution is 7.99. The number of rotatable bonds is 6. The number of nitrogens with zero attached hydrogens (tertiary/aromatic N) is 3. The highest BCUT2D eigenvalue weighted by atomic mass is 32.2. The van der Waals surface area contributed by atoms with Crippen molar-refractivity contribution in [3.63, 3.8) is 0 Å². The molecule has 2 rings (SSSR count). The SMILES string of the molecule is CC(C)N1C[C@@H](C(=O)NCCSc2ncn[nH]2)CC1=O. The van der Waals surface area contributed by atoms with E-state index >= 15 is 0 Å². The van der Waals surface area contributed by atoms with Crippen molar-refractivity contribution in [3.8, 4) is 0 Å². The van der Waals surface area contributed by atoms with Gasteiger partial charge < -0.3 is 10.2 Å². The van der Waals surface area contributed by atoms with Crippen molar-refractivity contribution in [2.24, 2.45) is 5.92 Å². The van der Waals surface area contributed by atoms with E-state index in [1.54, 1.807) is 4.90 Å². The summed E-state index contributed by atoms with van der Waals surface area (Å²) in [4.78, 5) is 29.5. The van der Waals surface area contributed by atoms with Crippen LogP contribution >= 0.6 is 11.8 Å². The molecule has 0 unspecified atom stereocenters. The highest BCUT2D eigenvalue weighted by Gasteiger charge is 2.35. The van der Waals surface area contributed by atoms with Crippen molar-refractivity contribution in [3.05, 3.63) is 6.33 Å². The molecule has 110 valence electrons. The van der Waals surface area contributed by atoms with Gasteiger partial charge in [-0.15, -0.1) is 0 Å². The van der Waals surface area contributed by atoms with Crippen LogP contribution in [0.1, 0.15) is 20.3 Å². The van der Waals surface area contributed by atoms with Gasteiger partial charge in [0.2, 0.25) is 11.8 Å². The summed E-state index contributed by atoms with van der Waals surface area (Å²) in [7, 11) is 0. The third-order valence-corrected chi connectivity index (χ3v) is 4.06. The van der Waals surface area contributed by atoms with Crippen LogP contribution in [0.3, 0.4) is 0 Å². The number of likely N-dealkylation sites (tertiary alicyclic amines) is 1. The summed E-state index contributed by atoms with van der Waals surface area (Å²) < 4.78 is 0. The molecule has 1 aliphatic rings. The average Bonchev–Trinajstić information content (AvgIpc) is 3.03. The highest BCUT2D eigenvalue weighted by Crippen LogP contribution is 2.20. The van der Waals surface area contributed by atoms with Gasteiger partial charge in [-0.25, -0.2) is 4.98 Å². The maximum Gasteiger partial charge on any atom is 0.225 e. The van der Waals surface area contributed by atoms with Crippen LogP contribution in [0.15, 0.2) is 11.5 Å². The lowest BCUT2D eigenvalue weighted by molar-refractivity contribution is -0.129. The number of amides is 2. The predicted octanol–water partition coefficient (Wildman–Crippen LogP) is 0.270. The second-order valence-electron chi connectivity index (χ2n) is 4.97. The zero-order valence-electron chi connectivity index (χ0n) is 11.6. The van der Waals surface area contributed by atoms with Crippen molar-refractivity contribution >= 4 is 23.6 Å². The Morgan fingerprint density at radius 3 is 3.05 bits per heavy atom. The van der Waals surface area contributed by atoms with E-state index in [2.05, 4.69) is 20.5 Å². The van der Waals surface area contributed by atoms with Gasteiger partial charge in [0.25, 0.3) is 0 Å². The topological polar surface area (TPSA) is 91.0 Å². The normalized spacial score (nSPS) is 18.9. The van der Waals surface area contributed by atoms with Gasteiger partial charge in [0.1, 0.15) is 6.33 Å². The summed E-state index contributed by atoms with van der Waals surface area (Å²) in [6.45, 7) is 5.01. The lowest BCUT2D eigenvalue weighted by atomic mass is 10.1. The largest absolute Gasteiger partial charge is 0.355 e. The first kappa shape index (κ1) is 14.8. The summed E-state index contributed by atoms with van der Waals surface area (Å²) in [6, 6.07) is 0.155. The molecule has 0 spiro atoms. The zero-order chi connectivity index (χ0) is 14.5. The minimum Gasteiger partial charge on any atom is -0.355 e. The zero-order valence-corrected chi connectivity index (χ0v) is 12.4. The molecular formula is C12H19N5O2S. The Kier molecular flexibility index (Phi) is 4.99. The molecule has 7 nitrogen and oxygen atoms in total. The van der Waals surface area contributed by atoms with Crippen LogP contribution in [0, 0.1) is 5.92 Å². The van der Waals surface area contributed by atoms with Gasteiger partial charge in [-0.2, -0.15) is 5.10 Å². The van der Waals surface area contributed by atoms with Gasteiger partial charge in [0.15, 0.2) is 5.16 Å². The summed E-state index contributed by atoms with van der Waals surface area (Å²) >= 11 is 1.50. The summed E-state index contributed by atoms with van der Waals surface area (Å²) in [5.41, 5.74) is 0. The van der Waals surface area contributed by atoms with E-state index < -0.39 is 0 Å². The third kappa shape index (κ3) is 3.72. The first-order chi connectivity index (χ1) is 9.58. The Hall–Kier alpha value is -1.57. The molecule has 1 aromatic rings. The van der Waals surface area contributed by atoms with Crippen LogP contribution in [0.25, 0.3) is 0 Å². The molecule has 2 heterocycles. The fourth-order valence-corrected chi connectivity index (χ4v) is 2.77. The first-order valence-electron chi connectivity index (χ1n) is 6.63. The fourth-order valence-electron chi connectivity index (χ4n) is 2.14. The lowest BCUT2D eigenvalue weighted by Crippen LogP contribution is -2.36. The van der Waals surface area contributed by atoms with Crippen molar-refractivity contribution in [1.82, 2.24) is 25.4 Å². The van der Waals surface area contributed by atoms with E-state index in [0.29, 0.717) is 19.5 Å². The van der Waals surface area contributed by atoms with Crippen LogP contribution in [0.2, 0.25) is 0 Å². The van der Waals surface area contributed by atoms with Crippen LogP contribution in [0.5, 0.6) is 0 Å². The van der Waals surface area contributed by atoms with Gasteiger partial charge in [0, 0.05) is 31.3 Å². The van der Waals surface area contributed by atoms with Crippen molar-refractivity contribution in [1.29, 1.82) is 0 Å². The quantitative estimate of drug-likeness (QED) is 0.581. The maximum absolute atomic E-state index is 12.0. The molecule has 0 bridgehead atoms. The lowest BCUT2D eigenvalue weighted by Gasteiger charge is -2.20. The summed E-state index contributed by atoms with van der Waals surface area (Å²) in [5.74, 6) is 0.520. The van der Waals surface area contributed by atoms with E-state index in [4.69, 9.17) is 0 Å². The molecule has 0 radical (unpaired) electrons. The molecule has 0 aliphatic carbocycles. The van der Waals surface area contributed by atoms with Gasteiger partial charge in [0.05, 0.1) is 5.92 Å². The van der Waals surface area contributed by atoms with Crippen molar-refractivity contribution < 1.29 is 9.59 Å². The minimum absolute atomic E-state index is 0.0420. The molecule has 1 fully saturated rings. The third-order valence-electron chi connectivity index (χ3n) is 3.19. The van der Waals surface area contributed by atoms with E-state index in [-0.39, 0.29) is 23.8 Å². The van der Waals surface area contributed by atoms with Crippen LogP contribution < -0.4 is 5.32 Å². The van der Waals surface area contributed by atoms with Gasteiger partial charge >= 0.3 is 0 Å². The van der Waals surface area contributed by atoms with E-state index in [9.17, 15) is 9.59 Å². The first-order valence-corrected chi connectivity index (χ1v) is 7.62. The van der Waals surface area contributed by atoms with E-state index in [1.807, 2.05) is 13.8 Å². The second kappa shape index (κ2) is 6.74. The number of hydrogen-bond acceptors (Lipinski definition) is 5.